The second kappa shape index (κ2) is 7.37. The van der Waals surface area contributed by atoms with Crippen LogP contribution in [0.2, 0.25) is 0 Å². The number of anilines is 1. The van der Waals surface area contributed by atoms with Gasteiger partial charge in [0.25, 0.3) is 17.6 Å². The zero-order chi connectivity index (χ0) is 19.7. The molecule has 0 fully saturated rings. The Labute approximate surface area is 161 Å². The molecule has 0 saturated carbocycles. The highest BCUT2D eigenvalue weighted by atomic mass is 16.2. The van der Waals surface area contributed by atoms with Crippen LogP contribution in [0.4, 0.5) is 5.82 Å². The molecular formula is C18H22N8O2. The zero-order valence-electron chi connectivity index (χ0n) is 15.9. The molecule has 28 heavy (non-hydrogen) atoms. The molecule has 0 radical (unpaired) electrons. The van der Waals surface area contributed by atoms with E-state index in [2.05, 4.69) is 38.0 Å². The molecule has 2 amide bonds. The monoisotopic (exact) mass is 382 g/mol. The van der Waals surface area contributed by atoms with Crippen molar-refractivity contribution in [3.63, 3.8) is 0 Å². The van der Waals surface area contributed by atoms with Gasteiger partial charge in [-0.3, -0.25) is 14.5 Å². The van der Waals surface area contributed by atoms with Crippen LogP contribution in [0.5, 0.6) is 0 Å². The van der Waals surface area contributed by atoms with Crippen molar-refractivity contribution in [3.05, 3.63) is 41.4 Å². The molecule has 4 rings (SSSR count). The highest BCUT2D eigenvalue weighted by Gasteiger charge is 2.31. The number of amides is 2. The molecule has 0 bridgehead atoms. The summed E-state index contributed by atoms with van der Waals surface area (Å²) in [7, 11) is 1.68. The molecule has 2 aromatic heterocycles. The molecule has 1 N–H and O–H groups in total. The van der Waals surface area contributed by atoms with Crippen molar-refractivity contribution in [2.24, 2.45) is 0 Å². The fourth-order valence-corrected chi connectivity index (χ4v) is 3.39. The number of carbonyl (C=O) groups excluding carboxylic acids is 2. The number of hydrogen-bond acceptors (Lipinski definition) is 6. The van der Waals surface area contributed by atoms with Crippen molar-refractivity contribution >= 4 is 17.6 Å². The number of fused-ring (bicyclic) bond motifs is 1. The van der Waals surface area contributed by atoms with Gasteiger partial charge in [0.15, 0.2) is 0 Å². The standard InChI is InChI=1S/C18H22N8O2/c1-12-10-15-24(2)18(28)14(8-9-25(15)21-12)19-17(27)16-20-23-26(22-16)11-13-6-4-3-5-7-13/h4,6-7,10,14H,3,5,8-9,11H2,1-2H3,(H,19,27)/t14-/m0/s1. The number of aryl methyl sites for hydroxylation is 2. The maximum absolute atomic E-state index is 12.7. The number of nitrogens with one attached hydrogen (secondary N) is 1. The quantitative estimate of drug-likeness (QED) is 0.830. The van der Waals surface area contributed by atoms with Crippen LogP contribution in [0.15, 0.2) is 29.9 Å². The number of rotatable bonds is 4. The number of carbonyl (C=O) groups is 2. The Bertz CT molecular complexity index is 970. The first-order valence-electron chi connectivity index (χ1n) is 9.27. The minimum atomic E-state index is -0.671. The SMILES string of the molecule is Cc1cc2n(n1)CC[C@H](NC(=O)c1nnn(CC3=CCCC=C3)n1)C(=O)N2C. The lowest BCUT2D eigenvalue weighted by Crippen LogP contribution is -2.47. The summed E-state index contributed by atoms with van der Waals surface area (Å²) in [6.07, 6.45) is 8.70. The van der Waals surface area contributed by atoms with Gasteiger partial charge in [0.2, 0.25) is 0 Å². The molecule has 3 heterocycles. The van der Waals surface area contributed by atoms with Gasteiger partial charge in [-0.05, 0) is 37.0 Å². The Morgan fingerprint density at radius 1 is 1.32 bits per heavy atom. The number of hydrogen-bond donors (Lipinski definition) is 1. The van der Waals surface area contributed by atoms with Crippen LogP contribution in [-0.2, 0) is 17.9 Å². The third kappa shape index (κ3) is 3.57. The van der Waals surface area contributed by atoms with Gasteiger partial charge in [0.05, 0.1) is 12.2 Å². The average Bonchev–Trinajstić information content (AvgIpc) is 3.28. The van der Waals surface area contributed by atoms with E-state index in [1.165, 1.54) is 9.70 Å². The van der Waals surface area contributed by atoms with E-state index in [9.17, 15) is 9.59 Å². The number of nitrogens with zero attached hydrogens (tertiary/aromatic N) is 7. The lowest BCUT2D eigenvalue weighted by Gasteiger charge is -2.19. The number of allylic oxidation sites excluding steroid dienone is 4. The smallest absolute Gasteiger partial charge is 0.293 e. The molecule has 2 aromatic rings. The van der Waals surface area contributed by atoms with Crippen molar-refractivity contribution in [1.29, 1.82) is 0 Å². The van der Waals surface area contributed by atoms with E-state index in [1.807, 2.05) is 19.1 Å². The Balaban J connectivity index is 1.42. The van der Waals surface area contributed by atoms with Gasteiger partial charge < -0.3 is 5.32 Å². The number of likely N-dealkylation sites (N-methyl/N-ethyl adjacent to an activating group) is 1. The van der Waals surface area contributed by atoms with Crippen LogP contribution in [0.3, 0.4) is 0 Å². The topological polar surface area (TPSA) is 111 Å². The van der Waals surface area contributed by atoms with Gasteiger partial charge >= 0.3 is 0 Å². The van der Waals surface area contributed by atoms with E-state index in [4.69, 9.17) is 0 Å². The van der Waals surface area contributed by atoms with Crippen LogP contribution < -0.4 is 10.2 Å². The van der Waals surface area contributed by atoms with E-state index in [1.54, 1.807) is 11.7 Å². The third-order valence-electron chi connectivity index (χ3n) is 4.84. The van der Waals surface area contributed by atoms with Crippen LogP contribution in [0, 0.1) is 6.92 Å². The molecule has 2 aliphatic rings. The molecule has 146 valence electrons. The number of tetrazole rings is 1. The van der Waals surface area contributed by atoms with Gasteiger partial charge in [0, 0.05) is 19.7 Å². The fraction of sp³-hybridized carbons (Fsp3) is 0.444. The van der Waals surface area contributed by atoms with Gasteiger partial charge in [0.1, 0.15) is 11.9 Å². The molecule has 0 aromatic carbocycles. The molecule has 0 saturated heterocycles. The maximum Gasteiger partial charge on any atom is 0.293 e. The minimum Gasteiger partial charge on any atom is -0.337 e. The summed E-state index contributed by atoms with van der Waals surface area (Å²) < 4.78 is 1.78. The van der Waals surface area contributed by atoms with E-state index >= 15 is 0 Å². The van der Waals surface area contributed by atoms with E-state index in [0.29, 0.717) is 19.5 Å². The van der Waals surface area contributed by atoms with Crippen LogP contribution in [0.25, 0.3) is 0 Å². The first-order chi connectivity index (χ1) is 13.5. The van der Waals surface area contributed by atoms with E-state index < -0.39 is 11.9 Å². The summed E-state index contributed by atoms with van der Waals surface area (Å²) in [4.78, 5) is 28.2. The van der Waals surface area contributed by atoms with Crippen molar-refractivity contribution in [2.45, 2.75) is 45.3 Å². The van der Waals surface area contributed by atoms with Crippen molar-refractivity contribution in [2.75, 3.05) is 11.9 Å². The first-order valence-corrected chi connectivity index (χ1v) is 9.27. The third-order valence-corrected chi connectivity index (χ3v) is 4.84. The van der Waals surface area contributed by atoms with Gasteiger partial charge in [-0.15, -0.1) is 10.2 Å². The molecule has 1 aliphatic carbocycles. The lowest BCUT2D eigenvalue weighted by atomic mass is 10.1. The molecular weight excluding hydrogens is 360 g/mol. The zero-order valence-corrected chi connectivity index (χ0v) is 15.9. The van der Waals surface area contributed by atoms with Crippen molar-refractivity contribution in [1.82, 2.24) is 35.3 Å². The van der Waals surface area contributed by atoms with E-state index in [-0.39, 0.29) is 11.7 Å². The predicted molar refractivity (Wildman–Crippen MR) is 101 cm³/mol. The molecule has 10 nitrogen and oxygen atoms in total. The summed E-state index contributed by atoms with van der Waals surface area (Å²) in [5.74, 6) is -0.0374. The fourth-order valence-electron chi connectivity index (χ4n) is 3.39. The summed E-state index contributed by atoms with van der Waals surface area (Å²) in [6, 6.07) is 1.18. The van der Waals surface area contributed by atoms with Gasteiger partial charge in [-0.1, -0.05) is 18.2 Å². The molecule has 0 unspecified atom stereocenters. The number of aromatic nitrogens is 6. The first kappa shape index (κ1) is 18.1. The second-order valence-electron chi connectivity index (χ2n) is 6.98. The summed E-state index contributed by atoms with van der Waals surface area (Å²) in [6.45, 7) is 2.88. The second-order valence-corrected chi connectivity index (χ2v) is 6.98. The largest absolute Gasteiger partial charge is 0.337 e. The normalized spacial score (nSPS) is 19.2. The van der Waals surface area contributed by atoms with Gasteiger partial charge in [-0.2, -0.15) is 9.90 Å². The molecule has 0 spiro atoms. The molecule has 10 heteroatoms. The maximum atomic E-state index is 12.7. The summed E-state index contributed by atoms with van der Waals surface area (Å²) >= 11 is 0. The molecule has 1 atom stereocenters. The Hall–Kier alpha value is -3.30. The summed E-state index contributed by atoms with van der Waals surface area (Å²) in [5.41, 5.74) is 1.93. The van der Waals surface area contributed by atoms with Crippen molar-refractivity contribution < 1.29 is 9.59 Å². The summed E-state index contributed by atoms with van der Waals surface area (Å²) in [5, 5.41) is 19.0. The Morgan fingerprint density at radius 3 is 2.96 bits per heavy atom. The Morgan fingerprint density at radius 2 is 2.18 bits per heavy atom. The predicted octanol–water partition coefficient (Wildman–Crippen LogP) is 0.620. The molecule has 1 aliphatic heterocycles. The van der Waals surface area contributed by atoms with Crippen molar-refractivity contribution in [3.8, 4) is 0 Å². The Kier molecular flexibility index (Phi) is 4.76. The average molecular weight is 382 g/mol. The van der Waals surface area contributed by atoms with Crippen LogP contribution in [-0.4, -0.2) is 54.9 Å². The van der Waals surface area contributed by atoms with E-state index in [0.717, 1.165) is 29.9 Å². The lowest BCUT2D eigenvalue weighted by molar-refractivity contribution is -0.120. The minimum absolute atomic E-state index is 0.0475. The van der Waals surface area contributed by atoms with Crippen LogP contribution in [0.1, 0.15) is 35.6 Å². The highest BCUT2D eigenvalue weighted by Crippen LogP contribution is 2.20. The van der Waals surface area contributed by atoms with Crippen LogP contribution >= 0.6 is 0 Å². The highest BCUT2D eigenvalue weighted by molar-refractivity contribution is 6.00. The van der Waals surface area contributed by atoms with Gasteiger partial charge in [-0.25, -0.2) is 4.68 Å².